The van der Waals surface area contributed by atoms with Crippen molar-refractivity contribution in [3.05, 3.63) is 62.8 Å². The van der Waals surface area contributed by atoms with Crippen LogP contribution < -0.4 is 4.90 Å². The number of anilines is 1. The van der Waals surface area contributed by atoms with Crippen molar-refractivity contribution in [2.75, 3.05) is 18.6 Å². The maximum Gasteiger partial charge on any atom is 0.340 e. The Balaban J connectivity index is 1.12. The van der Waals surface area contributed by atoms with Gasteiger partial charge in [0.15, 0.2) is 0 Å². The van der Waals surface area contributed by atoms with Crippen LogP contribution in [0.3, 0.4) is 0 Å². The van der Waals surface area contributed by atoms with E-state index in [1.165, 1.54) is 18.4 Å². The number of aromatic nitrogens is 2. The lowest BCUT2D eigenvalue weighted by Crippen LogP contribution is -2.39. The number of hydrogen-bond donors (Lipinski definition) is 0. The van der Waals surface area contributed by atoms with Gasteiger partial charge in [-0.25, -0.2) is 9.78 Å². The summed E-state index contributed by atoms with van der Waals surface area (Å²) < 4.78 is 18.5. The zero-order valence-electron chi connectivity index (χ0n) is 20.7. The van der Waals surface area contributed by atoms with Crippen LogP contribution in [-0.2, 0) is 16.1 Å². The van der Waals surface area contributed by atoms with Gasteiger partial charge in [-0.1, -0.05) is 34.4 Å². The van der Waals surface area contributed by atoms with Gasteiger partial charge in [-0.15, -0.1) is 11.3 Å². The number of thiazole rings is 1. The van der Waals surface area contributed by atoms with Crippen molar-refractivity contribution in [1.29, 1.82) is 0 Å². The molecule has 10 heteroatoms. The third-order valence-corrected chi connectivity index (χ3v) is 9.47. The molecule has 3 heterocycles. The Morgan fingerprint density at radius 2 is 2.03 bits per heavy atom. The number of carbonyl (C=O) groups is 1. The molecule has 4 aromatic rings. The molecule has 0 amide bonds. The molecular weight excluding hydrogens is 545 g/mol. The molecule has 0 unspecified atom stereocenters. The van der Waals surface area contributed by atoms with Crippen molar-refractivity contribution in [3.8, 4) is 11.3 Å². The standard InChI is InChI=1S/C28H25Cl2N3O4S/c1-35-28(34)17-9-24-21(31-13-38-24)10-22(17)33-11-15-7-16(33)8-23(15)36-12-18-26(32-37-27(18)14-5-6-14)25-19(29)3-2-4-20(25)30/h2-4,9-10,13-16,23H,5-8,11-12H2,1H3/t15-,16-,23+/m0/s1. The predicted octanol–water partition coefficient (Wildman–Crippen LogP) is 7.11. The van der Waals surface area contributed by atoms with Crippen LogP contribution in [0.25, 0.3) is 21.5 Å². The number of hydrogen-bond acceptors (Lipinski definition) is 8. The van der Waals surface area contributed by atoms with Gasteiger partial charge >= 0.3 is 5.97 Å². The third-order valence-electron chi connectivity index (χ3n) is 8.05. The van der Waals surface area contributed by atoms with E-state index in [1.807, 2.05) is 30.3 Å². The quantitative estimate of drug-likeness (QED) is 0.219. The second-order valence-corrected chi connectivity index (χ2v) is 12.0. The van der Waals surface area contributed by atoms with Crippen LogP contribution in [0.5, 0.6) is 0 Å². The molecule has 0 N–H and O–H groups in total. The Labute approximate surface area is 233 Å². The summed E-state index contributed by atoms with van der Waals surface area (Å²) >= 11 is 14.6. The Morgan fingerprint density at radius 3 is 2.74 bits per heavy atom. The number of carbonyl (C=O) groups excluding carboxylic acids is 1. The van der Waals surface area contributed by atoms with Gasteiger partial charge in [0.05, 0.1) is 56.8 Å². The van der Waals surface area contributed by atoms with Crippen LogP contribution in [0.2, 0.25) is 10.0 Å². The van der Waals surface area contributed by atoms with Crippen molar-refractivity contribution in [3.63, 3.8) is 0 Å². The maximum absolute atomic E-state index is 12.6. The zero-order valence-corrected chi connectivity index (χ0v) is 23.0. The highest BCUT2D eigenvalue weighted by Crippen LogP contribution is 2.48. The molecule has 3 atom stereocenters. The molecule has 2 bridgehead atoms. The molecular formula is C28H25Cl2N3O4S. The molecule has 2 aliphatic carbocycles. The number of fused-ring (bicyclic) bond motifs is 3. The van der Waals surface area contributed by atoms with Crippen molar-refractivity contribution in [2.45, 2.75) is 50.4 Å². The highest BCUT2D eigenvalue weighted by Gasteiger charge is 2.46. The van der Waals surface area contributed by atoms with E-state index in [1.54, 1.807) is 5.51 Å². The number of benzene rings is 2. The van der Waals surface area contributed by atoms with E-state index in [4.69, 9.17) is 37.2 Å². The second kappa shape index (κ2) is 9.52. The largest absolute Gasteiger partial charge is 0.465 e. The topological polar surface area (TPSA) is 77.7 Å². The minimum absolute atomic E-state index is 0.109. The Kier molecular flexibility index (Phi) is 6.11. The molecule has 7 rings (SSSR count). The fourth-order valence-electron chi connectivity index (χ4n) is 6.05. The summed E-state index contributed by atoms with van der Waals surface area (Å²) in [5.41, 5.74) is 6.51. The lowest BCUT2D eigenvalue weighted by Gasteiger charge is -2.34. The van der Waals surface area contributed by atoms with E-state index >= 15 is 0 Å². The number of esters is 1. The Bertz CT molecular complexity index is 1530. The molecule has 3 fully saturated rings. The van der Waals surface area contributed by atoms with Crippen molar-refractivity contribution >= 4 is 56.4 Å². The van der Waals surface area contributed by atoms with E-state index in [9.17, 15) is 4.79 Å². The van der Waals surface area contributed by atoms with Crippen LogP contribution >= 0.6 is 34.5 Å². The van der Waals surface area contributed by atoms with Gasteiger partial charge in [-0.2, -0.15) is 0 Å². The van der Waals surface area contributed by atoms with Crippen molar-refractivity contribution in [1.82, 2.24) is 10.1 Å². The number of rotatable bonds is 7. The first-order valence-electron chi connectivity index (χ1n) is 12.8. The molecule has 2 saturated carbocycles. The van der Waals surface area contributed by atoms with Crippen LogP contribution in [0.4, 0.5) is 5.69 Å². The molecule has 2 aromatic carbocycles. The van der Waals surface area contributed by atoms with Crippen LogP contribution in [0.1, 0.15) is 53.3 Å². The zero-order chi connectivity index (χ0) is 26.0. The first-order valence-corrected chi connectivity index (χ1v) is 14.4. The van der Waals surface area contributed by atoms with Gasteiger partial charge in [-0.3, -0.25) is 0 Å². The van der Waals surface area contributed by atoms with Crippen LogP contribution in [0, 0.1) is 5.92 Å². The summed E-state index contributed by atoms with van der Waals surface area (Å²) in [7, 11) is 1.42. The smallest absolute Gasteiger partial charge is 0.340 e. The van der Waals surface area contributed by atoms with Gasteiger partial charge in [0, 0.05) is 35.5 Å². The van der Waals surface area contributed by atoms with Gasteiger partial charge < -0.3 is 18.9 Å². The third kappa shape index (κ3) is 4.09. The highest BCUT2D eigenvalue weighted by atomic mass is 35.5. The number of piperidine rings is 1. The molecule has 2 aromatic heterocycles. The molecule has 0 spiro atoms. The summed E-state index contributed by atoms with van der Waals surface area (Å²) in [6.07, 6.45) is 4.19. The lowest BCUT2D eigenvalue weighted by molar-refractivity contribution is 0.0122. The van der Waals surface area contributed by atoms with E-state index in [2.05, 4.69) is 15.0 Å². The van der Waals surface area contributed by atoms with E-state index in [0.29, 0.717) is 45.3 Å². The number of nitrogens with zero attached hydrogens (tertiary/aromatic N) is 3. The van der Waals surface area contributed by atoms with Gasteiger partial charge in [-0.05, 0) is 49.9 Å². The van der Waals surface area contributed by atoms with Crippen molar-refractivity contribution in [2.24, 2.45) is 5.92 Å². The summed E-state index contributed by atoms with van der Waals surface area (Å²) in [5.74, 6) is 1.30. The maximum atomic E-state index is 12.6. The molecule has 38 heavy (non-hydrogen) atoms. The summed E-state index contributed by atoms with van der Waals surface area (Å²) in [4.78, 5) is 19.4. The Morgan fingerprint density at radius 1 is 1.21 bits per heavy atom. The molecule has 0 radical (unpaired) electrons. The van der Waals surface area contributed by atoms with Crippen LogP contribution in [0.15, 0.2) is 40.4 Å². The normalized spacial score (nSPS) is 22.5. The molecule has 196 valence electrons. The molecule has 3 aliphatic rings. The monoisotopic (exact) mass is 569 g/mol. The van der Waals surface area contributed by atoms with E-state index in [-0.39, 0.29) is 18.1 Å². The fraction of sp³-hybridized carbons (Fsp3) is 0.393. The Hall–Kier alpha value is -2.65. The summed E-state index contributed by atoms with van der Waals surface area (Å²) in [5, 5.41) is 5.48. The van der Waals surface area contributed by atoms with E-state index in [0.717, 1.165) is 59.5 Å². The highest BCUT2D eigenvalue weighted by molar-refractivity contribution is 7.16. The minimum atomic E-state index is -0.323. The fourth-order valence-corrected chi connectivity index (χ4v) is 7.32. The van der Waals surface area contributed by atoms with E-state index < -0.39 is 0 Å². The number of ether oxygens (including phenoxy) is 2. The SMILES string of the molecule is COC(=O)c1cc2scnc2cc1N1C[C@@H]2C[C@H]1C[C@H]2OCc1c(-c2c(Cl)cccc2Cl)noc1C1CC1. The summed E-state index contributed by atoms with van der Waals surface area (Å²) in [6.45, 7) is 1.22. The van der Waals surface area contributed by atoms with Gasteiger partial charge in [0.2, 0.25) is 0 Å². The molecule has 1 saturated heterocycles. The first-order chi connectivity index (χ1) is 18.5. The number of methoxy groups -OCH3 is 1. The average molecular weight is 570 g/mol. The average Bonchev–Trinajstić information content (AvgIpc) is 3.25. The van der Waals surface area contributed by atoms with Crippen molar-refractivity contribution < 1.29 is 18.8 Å². The second-order valence-electron chi connectivity index (χ2n) is 10.3. The lowest BCUT2D eigenvalue weighted by atomic mass is 10.0. The molecule has 1 aliphatic heterocycles. The van der Waals surface area contributed by atoms with Gasteiger partial charge in [0.25, 0.3) is 0 Å². The number of halogens is 2. The first kappa shape index (κ1) is 24.4. The summed E-state index contributed by atoms with van der Waals surface area (Å²) in [6, 6.07) is 9.66. The molecule has 7 nitrogen and oxygen atoms in total. The predicted molar refractivity (Wildman–Crippen MR) is 147 cm³/mol. The van der Waals surface area contributed by atoms with Gasteiger partial charge in [0.1, 0.15) is 11.5 Å². The minimum Gasteiger partial charge on any atom is -0.465 e. The van der Waals surface area contributed by atoms with Crippen LogP contribution in [-0.4, -0.2) is 41.9 Å².